The number of rotatable bonds is 4. The van der Waals surface area contributed by atoms with Gasteiger partial charge in [-0.3, -0.25) is 4.79 Å². The number of hydrogen-bond donors (Lipinski definition) is 0. The molecular formula is C22H25N3O5. The number of ether oxygens (including phenoxy) is 3. The molecule has 0 saturated carbocycles. The molecule has 0 amide bonds. The van der Waals surface area contributed by atoms with Crippen LogP contribution in [0.15, 0.2) is 24.4 Å². The zero-order valence-corrected chi connectivity index (χ0v) is 17.4. The second-order valence-corrected chi connectivity index (χ2v) is 7.61. The summed E-state index contributed by atoms with van der Waals surface area (Å²) in [5.41, 5.74) is 0.396. The number of ketones is 1. The Hall–Kier alpha value is -3.16. The largest absolute Gasteiger partial charge is 0.497 e. The van der Waals surface area contributed by atoms with Gasteiger partial charge >= 0.3 is 5.97 Å². The van der Waals surface area contributed by atoms with Gasteiger partial charge in [0.2, 0.25) is 0 Å². The number of methoxy groups -OCH3 is 1. The molecule has 8 nitrogen and oxygen atoms in total. The van der Waals surface area contributed by atoms with Gasteiger partial charge in [0.05, 0.1) is 25.7 Å². The van der Waals surface area contributed by atoms with Crippen molar-refractivity contribution in [2.75, 3.05) is 31.7 Å². The lowest BCUT2D eigenvalue weighted by molar-refractivity contribution is 0.0229. The third kappa shape index (κ3) is 3.69. The van der Waals surface area contributed by atoms with Crippen LogP contribution >= 0.6 is 0 Å². The summed E-state index contributed by atoms with van der Waals surface area (Å²) in [6.07, 6.45) is 3.14. The molecular weight excluding hydrogens is 386 g/mol. The van der Waals surface area contributed by atoms with E-state index < -0.39 is 11.6 Å². The van der Waals surface area contributed by atoms with Crippen molar-refractivity contribution in [3.8, 4) is 11.5 Å². The fourth-order valence-corrected chi connectivity index (χ4v) is 4.06. The van der Waals surface area contributed by atoms with E-state index in [9.17, 15) is 9.59 Å². The summed E-state index contributed by atoms with van der Waals surface area (Å²) >= 11 is 0. The fourth-order valence-electron chi connectivity index (χ4n) is 4.06. The zero-order chi connectivity index (χ0) is 21.3. The molecule has 4 rings (SSSR count). The first-order chi connectivity index (χ1) is 14.4. The Labute approximate surface area is 175 Å². The predicted octanol–water partition coefficient (Wildman–Crippen LogP) is 2.97. The highest BCUT2D eigenvalue weighted by molar-refractivity contribution is 6.00. The minimum atomic E-state index is -0.556. The molecule has 0 atom stereocenters. The average molecular weight is 411 g/mol. The first-order valence-corrected chi connectivity index (χ1v) is 10.1. The summed E-state index contributed by atoms with van der Waals surface area (Å²) in [6, 6.07) is 5.30. The topological polar surface area (TPSA) is 90.9 Å². The molecule has 30 heavy (non-hydrogen) atoms. The molecule has 1 aromatic carbocycles. The van der Waals surface area contributed by atoms with E-state index >= 15 is 0 Å². The molecule has 1 spiro atoms. The van der Waals surface area contributed by atoms with Crippen LogP contribution in [0.25, 0.3) is 0 Å². The zero-order valence-electron chi connectivity index (χ0n) is 17.4. The van der Waals surface area contributed by atoms with Gasteiger partial charge in [-0.05, 0) is 26.0 Å². The number of hydrogen-bond acceptors (Lipinski definition) is 8. The van der Waals surface area contributed by atoms with E-state index in [1.165, 1.54) is 6.20 Å². The van der Waals surface area contributed by atoms with Crippen LogP contribution in [0.3, 0.4) is 0 Å². The van der Waals surface area contributed by atoms with Gasteiger partial charge in [-0.1, -0.05) is 0 Å². The van der Waals surface area contributed by atoms with E-state index in [2.05, 4.69) is 9.97 Å². The van der Waals surface area contributed by atoms with Crippen molar-refractivity contribution in [2.24, 2.45) is 0 Å². The molecule has 0 radical (unpaired) electrons. The molecule has 0 aliphatic carbocycles. The van der Waals surface area contributed by atoms with E-state index in [4.69, 9.17) is 14.2 Å². The number of aromatic nitrogens is 2. The quantitative estimate of drug-likeness (QED) is 0.709. The second-order valence-electron chi connectivity index (χ2n) is 7.61. The Kier molecular flexibility index (Phi) is 5.32. The predicted molar refractivity (Wildman–Crippen MR) is 109 cm³/mol. The van der Waals surface area contributed by atoms with E-state index in [1.54, 1.807) is 39.2 Å². The number of carbonyl (C=O) groups is 2. The highest BCUT2D eigenvalue weighted by atomic mass is 16.5. The Balaban J connectivity index is 1.55. The van der Waals surface area contributed by atoms with Crippen molar-refractivity contribution in [1.82, 2.24) is 9.97 Å². The lowest BCUT2D eigenvalue weighted by atomic mass is 9.82. The Morgan fingerprint density at radius 1 is 1.30 bits per heavy atom. The third-order valence-electron chi connectivity index (χ3n) is 5.66. The van der Waals surface area contributed by atoms with E-state index in [0.717, 1.165) is 0 Å². The number of fused-ring (bicyclic) bond motifs is 1. The highest BCUT2D eigenvalue weighted by Gasteiger charge is 2.43. The number of anilines is 1. The molecule has 0 unspecified atom stereocenters. The van der Waals surface area contributed by atoms with Gasteiger partial charge in [0, 0.05) is 38.2 Å². The smallest absolute Gasteiger partial charge is 0.343 e. The van der Waals surface area contributed by atoms with Gasteiger partial charge < -0.3 is 19.1 Å². The number of nitrogens with zero attached hydrogens (tertiary/aromatic N) is 3. The van der Waals surface area contributed by atoms with Crippen LogP contribution < -0.4 is 14.4 Å². The number of aryl methyl sites for hydroxylation is 1. The summed E-state index contributed by atoms with van der Waals surface area (Å²) in [5.74, 6) is 2.04. The van der Waals surface area contributed by atoms with E-state index in [-0.39, 0.29) is 12.4 Å². The molecule has 158 valence electrons. The van der Waals surface area contributed by atoms with Gasteiger partial charge in [-0.25, -0.2) is 14.8 Å². The van der Waals surface area contributed by atoms with Crippen LogP contribution in [0, 0.1) is 6.92 Å². The van der Waals surface area contributed by atoms with Gasteiger partial charge in [0.25, 0.3) is 0 Å². The van der Waals surface area contributed by atoms with E-state index in [0.29, 0.717) is 66.6 Å². The van der Waals surface area contributed by atoms with Crippen LogP contribution in [-0.2, 0) is 4.74 Å². The number of benzene rings is 1. The standard InChI is InChI=1S/C22H25N3O5/c1-4-29-21(27)17-13-23-14(2)24-20(17)25-9-7-22(8-10-25)12-18(26)16-6-5-15(28-3)11-19(16)30-22/h5-6,11,13H,4,7-10,12H2,1-3H3. The molecule has 1 saturated heterocycles. The molecule has 1 aromatic heterocycles. The number of piperidine rings is 1. The maximum atomic E-state index is 12.8. The molecule has 2 aliphatic rings. The Morgan fingerprint density at radius 2 is 2.07 bits per heavy atom. The highest BCUT2D eigenvalue weighted by Crippen LogP contribution is 2.41. The normalized spacial score (nSPS) is 17.3. The monoisotopic (exact) mass is 411 g/mol. The number of carbonyl (C=O) groups excluding carboxylic acids is 2. The van der Waals surface area contributed by atoms with Crippen molar-refractivity contribution >= 4 is 17.6 Å². The molecule has 2 aromatic rings. The molecule has 8 heteroatoms. The van der Waals surface area contributed by atoms with Crippen molar-refractivity contribution in [3.05, 3.63) is 41.3 Å². The van der Waals surface area contributed by atoms with Gasteiger partial charge in [0.1, 0.15) is 34.3 Å². The minimum absolute atomic E-state index is 0.0810. The summed E-state index contributed by atoms with van der Waals surface area (Å²) in [7, 11) is 1.59. The van der Waals surface area contributed by atoms with Crippen molar-refractivity contribution < 1.29 is 23.8 Å². The first kappa shape index (κ1) is 20.1. The molecule has 3 heterocycles. The molecule has 1 fully saturated rings. The fraction of sp³-hybridized carbons (Fsp3) is 0.455. The van der Waals surface area contributed by atoms with Crippen LogP contribution in [-0.4, -0.2) is 54.1 Å². The summed E-state index contributed by atoms with van der Waals surface area (Å²) in [6.45, 7) is 5.05. The van der Waals surface area contributed by atoms with E-state index in [1.807, 2.05) is 4.90 Å². The Morgan fingerprint density at radius 3 is 2.77 bits per heavy atom. The van der Waals surface area contributed by atoms with Gasteiger partial charge in [-0.15, -0.1) is 0 Å². The number of Topliss-reactive ketones (excluding diaryl/α,β-unsaturated/α-hetero) is 1. The van der Waals surface area contributed by atoms with Crippen LogP contribution in [0.2, 0.25) is 0 Å². The molecule has 2 aliphatic heterocycles. The summed E-state index contributed by atoms with van der Waals surface area (Å²) in [5, 5.41) is 0. The molecule has 0 N–H and O–H groups in total. The van der Waals surface area contributed by atoms with Crippen LogP contribution in [0.1, 0.15) is 52.7 Å². The Bertz CT molecular complexity index is 983. The van der Waals surface area contributed by atoms with Crippen LogP contribution in [0.5, 0.6) is 11.5 Å². The maximum Gasteiger partial charge on any atom is 0.343 e. The second kappa shape index (κ2) is 7.93. The van der Waals surface area contributed by atoms with Crippen molar-refractivity contribution in [2.45, 2.75) is 38.7 Å². The number of esters is 1. The minimum Gasteiger partial charge on any atom is -0.497 e. The van der Waals surface area contributed by atoms with Crippen LogP contribution in [0.4, 0.5) is 5.82 Å². The third-order valence-corrected chi connectivity index (χ3v) is 5.66. The van der Waals surface area contributed by atoms with Gasteiger partial charge in [0.15, 0.2) is 5.78 Å². The van der Waals surface area contributed by atoms with Crippen molar-refractivity contribution in [1.29, 1.82) is 0 Å². The SMILES string of the molecule is CCOC(=O)c1cnc(C)nc1N1CCC2(CC1)CC(=O)c1ccc(OC)cc1O2. The lowest BCUT2D eigenvalue weighted by Gasteiger charge is -2.44. The lowest BCUT2D eigenvalue weighted by Crippen LogP contribution is -2.51. The summed E-state index contributed by atoms with van der Waals surface area (Å²) < 4.78 is 16.8. The summed E-state index contributed by atoms with van der Waals surface area (Å²) in [4.78, 5) is 35.8. The van der Waals surface area contributed by atoms with Crippen molar-refractivity contribution in [3.63, 3.8) is 0 Å². The maximum absolute atomic E-state index is 12.8. The van der Waals surface area contributed by atoms with Gasteiger partial charge in [-0.2, -0.15) is 0 Å². The first-order valence-electron chi connectivity index (χ1n) is 10.1. The molecule has 0 bridgehead atoms. The average Bonchev–Trinajstić information content (AvgIpc) is 2.74.